The molecule has 0 radical (unpaired) electrons. The van der Waals surface area contributed by atoms with E-state index in [0.717, 1.165) is 12.8 Å². The van der Waals surface area contributed by atoms with Crippen LogP contribution in [-0.2, 0) is 9.53 Å². The van der Waals surface area contributed by atoms with Crippen LogP contribution in [0.15, 0.2) is 12.2 Å². The summed E-state index contributed by atoms with van der Waals surface area (Å²) in [6, 6.07) is 0. The van der Waals surface area contributed by atoms with Crippen molar-refractivity contribution in [2.24, 2.45) is 0 Å². The standard InChI is InChI=1S/C13H24O2/c1-3-4-5-6-7-8-9-10-11-12-15-13(2)14/h9-10H,3-8,11-12H2,1-2H3/b10-9+. The van der Waals surface area contributed by atoms with Crippen molar-refractivity contribution in [3.63, 3.8) is 0 Å². The summed E-state index contributed by atoms with van der Waals surface area (Å²) >= 11 is 0. The monoisotopic (exact) mass is 212 g/mol. The fourth-order valence-electron chi connectivity index (χ4n) is 1.37. The number of allylic oxidation sites excluding steroid dienone is 1. The topological polar surface area (TPSA) is 26.3 Å². The molecule has 0 spiro atoms. The molecule has 15 heavy (non-hydrogen) atoms. The summed E-state index contributed by atoms with van der Waals surface area (Å²) in [7, 11) is 0. The van der Waals surface area contributed by atoms with E-state index in [0.29, 0.717) is 6.61 Å². The minimum atomic E-state index is -0.192. The first-order valence-electron chi connectivity index (χ1n) is 6.05. The molecule has 88 valence electrons. The Morgan fingerprint density at radius 2 is 1.73 bits per heavy atom. The van der Waals surface area contributed by atoms with E-state index in [9.17, 15) is 4.79 Å². The van der Waals surface area contributed by atoms with E-state index >= 15 is 0 Å². The van der Waals surface area contributed by atoms with Crippen LogP contribution in [0.25, 0.3) is 0 Å². The zero-order valence-corrected chi connectivity index (χ0v) is 10.1. The Labute approximate surface area is 93.7 Å². The van der Waals surface area contributed by atoms with Crippen LogP contribution in [0.1, 0.15) is 58.8 Å². The highest BCUT2D eigenvalue weighted by Gasteiger charge is 1.89. The van der Waals surface area contributed by atoms with Gasteiger partial charge in [0.15, 0.2) is 0 Å². The van der Waals surface area contributed by atoms with E-state index in [-0.39, 0.29) is 5.97 Å². The molecule has 0 aliphatic carbocycles. The summed E-state index contributed by atoms with van der Waals surface area (Å²) < 4.78 is 4.81. The summed E-state index contributed by atoms with van der Waals surface area (Å²) in [5.41, 5.74) is 0. The molecule has 0 amide bonds. The predicted octanol–water partition coefficient (Wildman–Crippen LogP) is 3.86. The summed E-state index contributed by atoms with van der Waals surface area (Å²) in [6.45, 7) is 4.19. The summed E-state index contributed by atoms with van der Waals surface area (Å²) in [4.78, 5) is 10.4. The third-order valence-corrected chi connectivity index (χ3v) is 2.23. The number of esters is 1. The number of hydrogen-bond donors (Lipinski definition) is 0. The van der Waals surface area contributed by atoms with E-state index < -0.39 is 0 Å². The summed E-state index contributed by atoms with van der Waals surface area (Å²) in [5.74, 6) is -0.192. The van der Waals surface area contributed by atoms with Crippen LogP contribution in [-0.4, -0.2) is 12.6 Å². The Kier molecular flexibility index (Phi) is 10.7. The second kappa shape index (κ2) is 11.3. The number of unbranched alkanes of at least 4 members (excludes halogenated alkanes) is 5. The maximum absolute atomic E-state index is 10.4. The lowest BCUT2D eigenvalue weighted by atomic mass is 10.1. The van der Waals surface area contributed by atoms with Crippen molar-refractivity contribution in [3.8, 4) is 0 Å². The molecule has 0 aromatic rings. The number of carbonyl (C=O) groups is 1. The fraction of sp³-hybridized carbons (Fsp3) is 0.769. The molecule has 0 fully saturated rings. The highest BCUT2D eigenvalue weighted by Crippen LogP contribution is 2.05. The highest BCUT2D eigenvalue weighted by atomic mass is 16.5. The number of rotatable bonds is 9. The van der Waals surface area contributed by atoms with Crippen LogP contribution >= 0.6 is 0 Å². The Morgan fingerprint density at radius 1 is 1.07 bits per heavy atom. The third-order valence-electron chi connectivity index (χ3n) is 2.23. The van der Waals surface area contributed by atoms with Gasteiger partial charge >= 0.3 is 5.97 Å². The van der Waals surface area contributed by atoms with Gasteiger partial charge in [0.25, 0.3) is 0 Å². The smallest absolute Gasteiger partial charge is 0.302 e. The lowest BCUT2D eigenvalue weighted by Gasteiger charge is -1.97. The maximum atomic E-state index is 10.4. The van der Waals surface area contributed by atoms with Gasteiger partial charge in [-0.05, 0) is 19.3 Å². The lowest BCUT2D eigenvalue weighted by molar-refractivity contribution is -0.140. The number of ether oxygens (including phenoxy) is 1. The predicted molar refractivity (Wildman–Crippen MR) is 63.8 cm³/mol. The first kappa shape index (κ1) is 14.2. The molecule has 0 rings (SSSR count). The minimum absolute atomic E-state index is 0.192. The fourth-order valence-corrected chi connectivity index (χ4v) is 1.37. The molecule has 0 aliphatic heterocycles. The maximum Gasteiger partial charge on any atom is 0.302 e. The molecular formula is C13H24O2. The molecule has 0 bridgehead atoms. The van der Waals surface area contributed by atoms with Gasteiger partial charge in [-0.25, -0.2) is 0 Å². The summed E-state index contributed by atoms with van der Waals surface area (Å²) in [5, 5.41) is 0. The van der Waals surface area contributed by atoms with Crippen molar-refractivity contribution in [1.29, 1.82) is 0 Å². The van der Waals surface area contributed by atoms with Gasteiger partial charge in [-0.2, -0.15) is 0 Å². The molecule has 0 heterocycles. The van der Waals surface area contributed by atoms with E-state index in [1.807, 2.05) is 0 Å². The number of carbonyl (C=O) groups excluding carboxylic acids is 1. The van der Waals surface area contributed by atoms with Crippen molar-refractivity contribution in [2.45, 2.75) is 58.8 Å². The number of hydrogen-bond acceptors (Lipinski definition) is 2. The quantitative estimate of drug-likeness (QED) is 0.329. The van der Waals surface area contributed by atoms with Gasteiger partial charge in [-0.15, -0.1) is 0 Å². The Hall–Kier alpha value is -0.790. The Morgan fingerprint density at radius 3 is 2.40 bits per heavy atom. The normalized spacial score (nSPS) is 10.8. The Bertz CT molecular complexity index is 173. The second-order valence-corrected chi connectivity index (χ2v) is 3.80. The highest BCUT2D eigenvalue weighted by molar-refractivity contribution is 5.65. The zero-order valence-electron chi connectivity index (χ0n) is 10.1. The van der Waals surface area contributed by atoms with Crippen LogP contribution in [0, 0.1) is 0 Å². The lowest BCUT2D eigenvalue weighted by Crippen LogP contribution is -1.98. The molecule has 2 heteroatoms. The van der Waals surface area contributed by atoms with Gasteiger partial charge in [0.05, 0.1) is 6.61 Å². The molecule has 0 saturated heterocycles. The third kappa shape index (κ3) is 13.2. The molecule has 0 aromatic heterocycles. The van der Waals surface area contributed by atoms with Crippen molar-refractivity contribution >= 4 is 5.97 Å². The molecule has 2 nitrogen and oxygen atoms in total. The molecule has 0 atom stereocenters. The Balaban J connectivity index is 3.07. The van der Waals surface area contributed by atoms with Gasteiger partial charge in [0.2, 0.25) is 0 Å². The SMILES string of the molecule is CCCCCCC/C=C/CCOC(C)=O. The zero-order chi connectivity index (χ0) is 11.4. The van der Waals surface area contributed by atoms with E-state index in [1.165, 1.54) is 39.0 Å². The average Bonchev–Trinajstić information content (AvgIpc) is 2.20. The minimum Gasteiger partial charge on any atom is -0.466 e. The van der Waals surface area contributed by atoms with E-state index in [2.05, 4.69) is 19.1 Å². The van der Waals surface area contributed by atoms with Crippen molar-refractivity contribution in [2.75, 3.05) is 6.61 Å². The van der Waals surface area contributed by atoms with E-state index in [1.54, 1.807) is 0 Å². The van der Waals surface area contributed by atoms with Crippen molar-refractivity contribution in [1.82, 2.24) is 0 Å². The van der Waals surface area contributed by atoms with Crippen LogP contribution < -0.4 is 0 Å². The van der Waals surface area contributed by atoms with E-state index in [4.69, 9.17) is 4.74 Å². The van der Waals surface area contributed by atoms with Gasteiger partial charge in [-0.1, -0.05) is 44.8 Å². The van der Waals surface area contributed by atoms with Crippen molar-refractivity contribution in [3.05, 3.63) is 12.2 Å². The first-order chi connectivity index (χ1) is 7.27. The van der Waals surface area contributed by atoms with Gasteiger partial charge in [0, 0.05) is 6.92 Å². The first-order valence-corrected chi connectivity index (χ1v) is 6.05. The molecule has 0 unspecified atom stereocenters. The largest absolute Gasteiger partial charge is 0.466 e. The van der Waals surface area contributed by atoms with Crippen LogP contribution in [0.4, 0.5) is 0 Å². The van der Waals surface area contributed by atoms with Crippen LogP contribution in [0.3, 0.4) is 0 Å². The summed E-state index contributed by atoms with van der Waals surface area (Å²) in [6.07, 6.45) is 12.9. The molecule has 0 aliphatic rings. The van der Waals surface area contributed by atoms with Crippen LogP contribution in [0.5, 0.6) is 0 Å². The van der Waals surface area contributed by atoms with Crippen LogP contribution in [0.2, 0.25) is 0 Å². The molecule has 0 aromatic carbocycles. The van der Waals surface area contributed by atoms with Gasteiger partial charge < -0.3 is 4.74 Å². The van der Waals surface area contributed by atoms with Gasteiger partial charge in [-0.3, -0.25) is 4.79 Å². The average molecular weight is 212 g/mol. The molecule has 0 saturated carbocycles. The molecular weight excluding hydrogens is 188 g/mol. The van der Waals surface area contributed by atoms with Crippen molar-refractivity contribution < 1.29 is 9.53 Å². The second-order valence-electron chi connectivity index (χ2n) is 3.80. The molecule has 0 N–H and O–H groups in total. The van der Waals surface area contributed by atoms with Gasteiger partial charge in [0.1, 0.15) is 0 Å².